The van der Waals surface area contributed by atoms with Gasteiger partial charge in [0, 0.05) is 31.2 Å². The van der Waals surface area contributed by atoms with Crippen LogP contribution < -0.4 is 5.32 Å². The van der Waals surface area contributed by atoms with Crippen LogP contribution in [-0.2, 0) is 11.3 Å². The Kier molecular flexibility index (Phi) is 7.69. The van der Waals surface area contributed by atoms with Crippen LogP contribution in [0.5, 0.6) is 0 Å². The van der Waals surface area contributed by atoms with Crippen LogP contribution in [0.3, 0.4) is 0 Å². The highest BCUT2D eigenvalue weighted by Crippen LogP contribution is 2.21. The van der Waals surface area contributed by atoms with Gasteiger partial charge in [0.05, 0.1) is 0 Å². The van der Waals surface area contributed by atoms with E-state index in [1.165, 1.54) is 5.56 Å². The van der Waals surface area contributed by atoms with E-state index in [0.29, 0.717) is 19.6 Å². The van der Waals surface area contributed by atoms with Crippen LogP contribution in [0.25, 0.3) is 11.1 Å². The molecule has 0 fully saturated rings. The Labute approximate surface area is 167 Å². The van der Waals surface area contributed by atoms with Gasteiger partial charge in [-0.15, -0.1) is 0 Å². The molecule has 2 aromatic carbocycles. The average Bonchev–Trinajstić information content (AvgIpc) is 2.61. The van der Waals surface area contributed by atoms with Gasteiger partial charge in [0.2, 0.25) is 0 Å². The first kappa shape index (κ1) is 21.3. The first-order valence-electron chi connectivity index (χ1n) is 9.32. The zero-order valence-corrected chi connectivity index (χ0v) is 17.3. The molecule has 0 bridgehead atoms. The van der Waals surface area contributed by atoms with Crippen molar-refractivity contribution in [2.45, 2.75) is 39.8 Å². The molecule has 0 saturated heterocycles. The van der Waals surface area contributed by atoms with Crippen molar-refractivity contribution in [3.63, 3.8) is 0 Å². The summed E-state index contributed by atoms with van der Waals surface area (Å²) in [5.74, 6) is 0. The number of hydrogen-bond donors (Lipinski definition) is 1. The lowest BCUT2D eigenvalue weighted by Crippen LogP contribution is -2.40. The summed E-state index contributed by atoms with van der Waals surface area (Å²) in [5, 5.41) is 4.13. The number of likely N-dealkylation sites (N-methyl/N-ethyl adjacent to an activating group) is 1. The van der Waals surface area contributed by atoms with Crippen molar-refractivity contribution < 1.29 is 9.53 Å². The zero-order chi connectivity index (χ0) is 19.9. The summed E-state index contributed by atoms with van der Waals surface area (Å²) in [6, 6.07) is 16.3. The number of carbonyl (C=O) groups excluding carboxylic acids is 1. The van der Waals surface area contributed by atoms with Crippen molar-refractivity contribution in [2.24, 2.45) is 0 Å². The normalized spacial score (nSPS) is 11.3. The van der Waals surface area contributed by atoms with E-state index in [-0.39, 0.29) is 6.09 Å². The van der Waals surface area contributed by atoms with Gasteiger partial charge in [-0.25, -0.2) is 4.79 Å². The third-order valence-electron chi connectivity index (χ3n) is 4.05. The van der Waals surface area contributed by atoms with Crippen LogP contribution in [0.4, 0.5) is 4.79 Å². The summed E-state index contributed by atoms with van der Waals surface area (Å²) in [6.45, 7) is 10.3. The van der Waals surface area contributed by atoms with Gasteiger partial charge >= 0.3 is 6.09 Å². The Morgan fingerprint density at radius 1 is 1.04 bits per heavy atom. The number of halogens is 1. The van der Waals surface area contributed by atoms with Crippen LogP contribution in [-0.4, -0.2) is 36.2 Å². The number of amides is 1. The molecule has 1 amide bonds. The predicted molar refractivity (Wildman–Crippen MR) is 112 cm³/mol. The van der Waals surface area contributed by atoms with Gasteiger partial charge < -0.3 is 15.0 Å². The lowest BCUT2D eigenvalue weighted by atomic mass is 10.0. The van der Waals surface area contributed by atoms with E-state index in [4.69, 9.17) is 16.3 Å². The standard InChI is InChI=1S/C22H29ClN2O2/c1-5-25(21(26)27-22(2,3)4)15-14-24-16-17-6-8-18(9-7-17)19-10-12-20(23)13-11-19/h6-13,24H,5,14-16H2,1-4H3. The molecule has 0 unspecified atom stereocenters. The molecule has 0 saturated carbocycles. The van der Waals surface area contributed by atoms with Crippen molar-refractivity contribution in [3.05, 3.63) is 59.1 Å². The van der Waals surface area contributed by atoms with E-state index >= 15 is 0 Å². The topological polar surface area (TPSA) is 41.6 Å². The molecular formula is C22H29ClN2O2. The predicted octanol–water partition coefficient (Wildman–Crippen LogP) is 5.35. The molecule has 0 radical (unpaired) electrons. The summed E-state index contributed by atoms with van der Waals surface area (Å²) in [7, 11) is 0. The van der Waals surface area contributed by atoms with E-state index in [0.717, 1.165) is 22.7 Å². The Morgan fingerprint density at radius 3 is 2.11 bits per heavy atom. The molecule has 1 N–H and O–H groups in total. The molecule has 2 aromatic rings. The van der Waals surface area contributed by atoms with E-state index in [1.54, 1.807) is 4.90 Å². The summed E-state index contributed by atoms with van der Waals surface area (Å²) < 4.78 is 5.42. The SMILES string of the molecule is CCN(CCNCc1ccc(-c2ccc(Cl)cc2)cc1)C(=O)OC(C)(C)C. The largest absolute Gasteiger partial charge is 0.444 e. The molecule has 27 heavy (non-hydrogen) atoms. The third kappa shape index (κ3) is 7.24. The number of hydrogen-bond acceptors (Lipinski definition) is 3. The van der Waals surface area contributed by atoms with E-state index in [1.807, 2.05) is 52.0 Å². The fourth-order valence-corrected chi connectivity index (χ4v) is 2.74. The Bertz CT molecular complexity index is 721. The fraction of sp³-hybridized carbons (Fsp3) is 0.409. The van der Waals surface area contributed by atoms with Crippen molar-refractivity contribution in [2.75, 3.05) is 19.6 Å². The van der Waals surface area contributed by atoms with Crippen LogP contribution in [0.1, 0.15) is 33.3 Å². The third-order valence-corrected chi connectivity index (χ3v) is 4.30. The molecule has 5 heteroatoms. The molecule has 0 aliphatic rings. The second kappa shape index (κ2) is 9.77. The molecule has 0 aromatic heterocycles. The average molecular weight is 389 g/mol. The van der Waals surface area contributed by atoms with E-state index < -0.39 is 5.60 Å². The number of benzene rings is 2. The summed E-state index contributed by atoms with van der Waals surface area (Å²) in [4.78, 5) is 13.8. The number of carbonyl (C=O) groups is 1. The van der Waals surface area contributed by atoms with Crippen LogP contribution >= 0.6 is 11.6 Å². The molecule has 0 spiro atoms. The number of rotatable bonds is 7. The van der Waals surface area contributed by atoms with E-state index in [9.17, 15) is 4.79 Å². The summed E-state index contributed by atoms with van der Waals surface area (Å²) in [6.07, 6.45) is -0.265. The second-order valence-electron chi connectivity index (χ2n) is 7.44. The summed E-state index contributed by atoms with van der Waals surface area (Å²) >= 11 is 5.94. The van der Waals surface area contributed by atoms with Crippen molar-refractivity contribution >= 4 is 17.7 Å². The molecule has 0 atom stereocenters. The second-order valence-corrected chi connectivity index (χ2v) is 7.88. The van der Waals surface area contributed by atoms with Crippen molar-refractivity contribution in [3.8, 4) is 11.1 Å². The Balaban J connectivity index is 1.79. The highest BCUT2D eigenvalue weighted by atomic mass is 35.5. The van der Waals surface area contributed by atoms with E-state index in [2.05, 4.69) is 29.6 Å². The van der Waals surface area contributed by atoms with Gasteiger partial charge in [0.1, 0.15) is 5.60 Å². The molecule has 0 aliphatic carbocycles. The van der Waals surface area contributed by atoms with Gasteiger partial charge in [-0.05, 0) is 56.5 Å². The highest BCUT2D eigenvalue weighted by molar-refractivity contribution is 6.30. The first-order chi connectivity index (χ1) is 12.8. The van der Waals surface area contributed by atoms with Gasteiger partial charge in [-0.2, -0.15) is 0 Å². The van der Waals surface area contributed by atoms with Crippen molar-refractivity contribution in [1.29, 1.82) is 0 Å². The lowest BCUT2D eigenvalue weighted by molar-refractivity contribution is 0.0262. The zero-order valence-electron chi connectivity index (χ0n) is 16.6. The maximum absolute atomic E-state index is 12.1. The number of nitrogens with one attached hydrogen (secondary N) is 1. The molecule has 2 rings (SSSR count). The quantitative estimate of drug-likeness (QED) is 0.649. The van der Waals surface area contributed by atoms with Crippen LogP contribution in [0.15, 0.2) is 48.5 Å². The highest BCUT2D eigenvalue weighted by Gasteiger charge is 2.20. The van der Waals surface area contributed by atoms with Gasteiger partial charge in [-0.3, -0.25) is 0 Å². The molecule has 0 heterocycles. The van der Waals surface area contributed by atoms with Crippen molar-refractivity contribution in [1.82, 2.24) is 10.2 Å². The fourth-order valence-electron chi connectivity index (χ4n) is 2.61. The Morgan fingerprint density at radius 2 is 1.59 bits per heavy atom. The number of ether oxygens (including phenoxy) is 1. The molecule has 146 valence electrons. The van der Waals surface area contributed by atoms with Crippen LogP contribution in [0.2, 0.25) is 5.02 Å². The minimum Gasteiger partial charge on any atom is -0.444 e. The Hall–Kier alpha value is -2.04. The first-order valence-corrected chi connectivity index (χ1v) is 9.70. The molecule has 0 aliphatic heterocycles. The van der Waals surface area contributed by atoms with Gasteiger partial charge in [0.25, 0.3) is 0 Å². The minimum absolute atomic E-state index is 0.265. The number of nitrogens with zero attached hydrogens (tertiary/aromatic N) is 1. The smallest absolute Gasteiger partial charge is 0.410 e. The van der Waals surface area contributed by atoms with Gasteiger partial charge in [-0.1, -0.05) is 48.0 Å². The molecule has 4 nitrogen and oxygen atoms in total. The van der Waals surface area contributed by atoms with Crippen LogP contribution in [0, 0.1) is 0 Å². The maximum atomic E-state index is 12.1. The minimum atomic E-state index is -0.468. The van der Waals surface area contributed by atoms with Gasteiger partial charge in [0.15, 0.2) is 0 Å². The molecular weight excluding hydrogens is 360 g/mol. The monoisotopic (exact) mass is 388 g/mol. The lowest BCUT2D eigenvalue weighted by Gasteiger charge is -2.26. The maximum Gasteiger partial charge on any atom is 0.410 e. The summed E-state index contributed by atoms with van der Waals surface area (Å²) in [5.41, 5.74) is 3.05.